The second kappa shape index (κ2) is 8.13. The van der Waals surface area contributed by atoms with Gasteiger partial charge in [0, 0.05) is 18.6 Å². The highest BCUT2D eigenvalue weighted by Gasteiger charge is 2.30. The Bertz CT molecular complexity index is 223. The summed E-state index contributed by atoms with van der Waals surface area (Å²) in [7, 11) is 2.14. The first-order valence-corrected chi connectivity index (χ1v) is 7.66. The summed E-state index contributed by atoms with van der Waals surface area (Å²) in [5.74, 6) is 1.64. The topological polar surface area (TPSA) is 35.5 Å². The highest BCUT2D eigenvalue weighted by atomic mass is 16.3. The van der Waals surface area contributed by atoms with E-state index in [-0.39, 0.29) is 12.6 Å². The fourth-order valence-corrected chi connectivity index (χ4v) is 3.15. The zero-order valence-corrected chi connectivity index (χ0v) is 12.7. The average Bonchev–Trinajstić information content (AvgIpc) is 2.39. The van der Waals surface area contributed by atoms with Crippen LogP contribution in [0.15, 0.2) is 0 Å². The van der Waals surface area contributed by atoms with Gasteiger partial charge in [-0.1, -0.05) is 20.3 Å². The fraction of sp³-hybridized carbons (Fsp3) is 1.00. The first kappa shape index (κ1) is 15.9. The summed E-state index contributed by atoms with van der Waals surface area (Å²) in [6.07, 6.45) is 5.35. The van der Waals surface area contributed by atoms with Gasteiger partial charge in [-0.3, -0.25) is 0 Å². The lowest BCUT2D eigenvalue weighted by Gasteiger charge is -2.39. The van der Waals surface area contributed by atoms with Crippen LogP contribution in [0, 0.1) is 11.8 Å². The monoisotopic (exact) mass is 256 g/mol. The number of likely N-dealkylation sites (N-methyl/N-ethyl adjacent to an activating group) is 1. The van der Waals surface area contributed by atoms with E-state index >= 15 is 0 Å². The molecule has 0 radical (unpaired) electrons. The Kier molecular flexibility index (Phi) is 7.20. The number of nitrogens with one attached hydrogen (secondary N) is 1. The van der Waals surface area contributed by atoms with Gasteiger partial charge in [-0.25, -0.2) is 0 Å². The molecular weight excluding hydrogens is 224 g/mol. The summed E-state index contributed by atoms with van der Waals surface area (Å²) in [6, 6.07) is 0.945. The molecule has 0 aromatic carbocycles. The molecule has 1 saturated carbocycles. The molecule has 0 saturated heterocycles. The van der Waals surface area contributed by atoms with E-state index in [9.17, 15) is 5.11 Å². The molecule has 1 fully saturated rings. The zero-order chi connectivity index (χ0) is 13.5. The second-order valence-corrected chi connectivity index (χ2v) is 5.98. The Morgan fingerprint density at radius 1 is 1.33 bits per heavy atom. The summed E-state index contributed by atoms with van der Waals surface area (Å²) < 4.78 is 0. The van der Waals surface area contributed by atoms with Crippen molar-refractivity contribution >= 4 is 0 Å². The summed E-state index contributed by atoms with van der Waals surface area (Å²) in [5.41, 5.74) is 0. The first-order chi connectivity index (χ1) is 8.62. The van der Waals surface area contributed by atoms with Gasteiger partial charge in [-0.05, 0) is 51.6 Å². The Morgan fingerprint density at radius 3 is 2.61 bits per heavy atom. The number of hydrogen-bond acceptors (Lipinski definition) is 3. The number of aliphatic hydroxyl groups excluding tert-OH is 1. The van der Waals surface area contributed by atoms with Crippen LogP contribution in [-0.4, -0.2) is 48.8 Å². The normalized spacial score (nSPS) is 30.7. The molecule has 3 heteroatoms. The van der Waals surface area contributed by atoms with E-state index in [1.807, 2.05) is 0 Å². The minimum atomic E-state index is 0.256. The highest BCUT2D eigenvalue weighted by Crippen LogP contribution is 2.32. The highest BCUT2D eigenvalue weighted by molar-refractivity contribution is 4.86. The maximum absolute atomic E-state index is 9.24. The van der Waals surface area contributed by atoms with E-state index in [1.165, 1.54) is 25.7 Å². The molecule has 1 aliphatic carbocycles. The molecule has 18 heavy (non-hydrogen) atoms. The van der Waals surface area contributed by atoms with Gasteiger partial charge in [0.05, 0.1) is 6.61 Å². The number of aliphatic hydroxyl groups is 1. The van der Waals surface area contributed by atoms with Crippen LogP contribution in [0.2, 0.25) is 0 Å². The molecule has 3 nitrogen and oxygen atoms in total. The van der Waals surface area contributed by atoms with E-state index < -0.39 is 0 Å². The predicted molar refractivity (Wildman–Crippen MR) is 77.8 cm³/mol. The molecule has 0 heterocycles. The molecule has 1 rings (SSSR count). The first-order valence-electron chi connectivity index (χ1n) is 7.66. The van der Waals surface area contributed by atoms with Crippen molar-refractivity contribution in [3.63, 3.8) is 0 Å². The predicted octanol–water partition coefficient (Wildman–Crippen LogP) is 2.10. The molecule has 4 atom stereocenters. The second-order valence-electron chi connectivity index (χ2n) is 5.98. The molecular formula is C15H32N2O. The summed E-state index contributed by atoms with van der Waals surface area (Å²) in [5, 5.41) is 12.9. The van der Waals surface area contributed by atoms with Crippen molar-refractivity contribution in [2.24, 2.45) is 11.8 Å². The SMILES string of the molecule is CCNC1CCC(CC)CC1CN(C)C(C)CO. The van der Waals surface area contributed by atoms with E-state index in [4.69, 9.17) is 0 Å². The maximum atomic E-state index is 9.24. The largest absolute Gasteiger partial charge is 0.395 e. The van der Waals surface area contributed by atoms with Crippen LogP contribution in [-0.2, 0) is 0 Å². The molecule has 0 bridgehead atoms. The zero-order valence-electron chi connectivity index (χ0n) is 12.7. The Morgan fingerprint density at radius 2 is 2.06 bits per heavy atom. The van der Waals surface area contributed by atoms with Crippen LogP contribution in [0.3, 0.4) is 0 Å². The van der Waals surface area contributed by atoms with Gasteiger partial charge in [0.15, 0.2) is 0 Å². The van der Waals surface area contributed by atoms with Gasteiger partial charge < -0.3 is 15.3 Å². The maximum Gasteiger partial charge on any atom is 0.0584 e. The third-order valence-electron chi connectivity index (χ3n) is 4.67. The van der Waals surface area contributed by atoms with Crippen molar-refractivity contribution in [3.8, 4) is 0 Å². The van der Waals surface area contributed by atoms with Crippen LogP contribution < -0.4 is 5.32 Å². The minimum Gasteiger partial charge on any atom is -0.395 e. The van der Waals surface area contributed by atoms with Crippen molar-refractivity contribution in [1.82, 2.24) is 10.2 Å². The molecule has 0 amide bonds. The molecule has 108 valence electrons. The molecule has 0 aromatic heterocycles. The van der Waals surface area contributed by atoms with Gasteiger partial charge in [0.25, 0.3) is 0 Å². The van der Waals surface area contributed by atoms with E-state index in [2.05, 4.69) is 38.0 Å². The average molecular weight is 256 g/mol. The van der Waals surface area contributed by atoms with E-state index in [1.54, 1.807) is 0 Å². The number of hydrogen-bond donors (Lipinski definition) is 2. The minimum absolute atomic E-state index is 0.256. The van der Waals surface area contributed by atoms with Crippen LogP contribution in [0.5, 0.6) is 0 Å². The lowest BCUT2D eigenvalue weighted by molar-refractivity contribution is 0.105. The number of rotatable bonds is 7. The number of nitrogens with zero attached hydrogens (tertiary/aromatic N) is 1. The van der Waals surface area contributed by atoms with E-state index in [0.717, 1.165) is 24.9 Å². The van der Waals surface area contributed by atoms with Crippen LogP contribution >= 0.6 is 0 Å². The van der Waals surface area contributed by atoms with Crippen molar-refractivity contribution in [2.45, 2.75) is 58.5 Å². The van der Waals surface area contributed by atoms with Gasteiger partial charge in [0.1, 0.15) is 0 Å². The summed E-state index contributed by atoms with van der Waals surface area (Å²) in [4.78, 5) is 2.31. The van der Waals surface area contributed by atoms with Gasteiger partial charge in [0.2, 0.25) is 0 Å². The van der Waals surface area contributed by atoms with Crippen molar-refractivity contribution in [3.05, 3.63) is 0 Å². The van der Waals surface area contributed by atoms with Crippen molar-refractivity contribution in [1.29, 1.82) is 0 Å². The smallest absolute Gasteiger partial charge is 0.0584 e. The van der Waals surface area contributed by atoms with Crippen LogP contribution in [0.4, 0.5) is 0 Å². The molecule has 1 aliphatic rings. The Balaban J connectivity index is 2.54. The van der Waals surface area contributed by atoms with Gasteiger partial charge >= 0.3 is 0 Å². The fourth-order valence-electron chi connectivity index (χ4n) is 3.15. The quantitative estimate of drug-likeness (QED) is 0.732. The van der Waals surface area contributed by atoms with Crippen LogP contribution in [0.25, 0.3) is 0 Å². The van der Waals surface area contributed by atoms with Crippen molar-refractivity contribution in [2.75, 3.05) is 26.7 Å². The summed E-state index contributed by atoms with van der Waals surface area (Å²) >= 11 is 0. The Labute approximate surface area is 113 Å². The lowest BCUT2D eigenvalue weighted by atomic mass is 9.76. The lowest BCUT2D eigenvalue weighted by Crippen LogP contribution is -2.47. The third-order valence-corrected chi connectivity index (χ3v) is 4.67. The van der Waals surface area contributed by atoms with Gasteiger partial charge in [-0.2, -0.15) is 0 Å². The molecule has 0 aliphatic heterocycles. The standard InChI is InChI=1S/C15H32N2O/c1-5-13-7-8-15(16-6-2)14(9-13)10-17(4)12(3)11-18/h12-16,18H,5-11H2,1-4H3. The van der Waals surface area contributed by atoms with E-state index in [0.29, 0.717) is 6.04 Å². The van der Waals surface area contributed by atoms with Crippen molar-refractivity contribution < 1.29 is 5.11 Å². The molecule has 4 unspecified atom stereocenters. The molecule has 0 aromatic rings. The van der Waals surface area contributed by atoms with Crippen LogP contribution in [0.1, 0.15) is 46.5 Å². The molecule has 2 N–H and O–H groups in total. The Hall–Kier alpha value is -0.120. The molecule has 0 spiro atoms. The summed E-state index contributed by atoms with van der Waals surface area (Å²) in [6.45, 7) is 9.04. The third kappa shape index (κ3) is 4.52. The van der Waals surface area contributed by atoms with Gasteiger partial charge in [-0.15, -0.1) is 0 Å².